The number of methoxy groups -OCH3 is 1. The third-order valence-corrected chi connectivity index (χ3v) is 4.69. The monoisotopic (exact) mass is 339 g/mol. The zero-order valence-electron chi connectivity index (χ0n) is 12.9. The molecule has 24 heavy (non-hydrogen) atoms. The van der Waals surface area contributed by atoms with Gasteiger partial charge in [-0.05, 0) is 17.9 Å². The Labute approximate surface area is 136 Å². The molecule has 2 amide bonds. The van der Waals surface area contributed by atoms with E-state index in [-0.39, 0.29) is 36.7 Å². The number of carbonyl (C=O) groups is 4. The van der Waals surface area contributed by atoms with Gasteiger partial charge in [0.2, 0.25) is 5.91 Å². The topological polar surface area (TPSA) is 139 Å². The number of nitrogens with zero attached hydrogens (tertiary/aromatic N) is 2. The zero-order valence-corrected chi connectivity index (χ0v) is 12.9. The SMILES string of the molecule is COC(=O)CN1C[C@H]2CC(COC(N)=O)=C(C(=O)O)N3C(=O)[C@@H]1[C@@H]23. The molecule has 0 bridgehead atoms. The van der Waals surface area contributed by atoms with Crippen molar-refractivity contribution in [2.75, 3.05) is 26.8 Å². The molecule has 10 heteroatoms. The summed E-state index contributed by atoms with van der Waals surface area (Å²) in [4.78, 5) is 49.2. The van der Waals surface area contributed by atoms with Crippen molar-refractivity contribution in [2.24, 2.45) is 11.7 Å². The third-order valence-electron chi connectivity index (χ3n) is 4.69. The fraction of sp³-hybridized carbons (Fsp3) is 0.571. The Morgan fingerprint density at radius 2 is 2.08 bits per heavy atom. The number of rotatable bonds is 5. The number of hydrogen-bond acceptors (Lipinski definition) is 7. The van der Waals surface area contributed by atoms with E-state index in [1.54, 1.807) is 4.90 Å². The molecule has 3 aliphatic rings. The highest BCUT2D eigenvalue weighted by molar-refractivity contribution is 6.01. The van der Waals surface area contributed by atoms with E-state index in [2.05, 4.69) is 4.74 Å². The summed E-state index contributed by atoms with van der Waals surface area (Å²) in [6.07, 6.45) is -0.654. The van der Waals surface area contributed by atoms with Crippen LogP contribution in [0.15, 0.2) is 11.3 Å². The van der Waals surface area contributed by atoms with Crippen LogP contribution in [0.25, 0.3) is 0 Å². The Hall–Kier alpha value is -2.62. The van der Waals surface area contributed by atoms with Crippen molar-refractivity contribution >= 4 is 23.9 Å². The normalized spacial score (nSPS) is 28.3. The third kappa shape index (κ3) is 2.39. The van der Waals surface area contributed by atoms with Crippen LogP contribution in [-0.2, 0) is 23.9 Å². The van der Waals surface area contributed by atoms with Gasteiger partial charge in [0, 0.05) is 6.54 Å². The number of carbonyl (C=O) groups excluding carboxylic acids is 3. The molecule has 3 atom stereocenters. The smallest absolute Gasteiger partial charge is 0.404 e. The van der Waals surface area contributed by atoms with E-state index in [0.29, 0.717) is 18.5 Å². The van der Waals surface area contributed by atoms with Gasteiger partial charge in [-0.2, -0.15) is 0 Å². The minimum atomic E-state index is -1.25. The van der Waals surface area contributed by atoms with Gasteiger partial charge in [0.15, 0.2) is 0 Å². The Morgan fingerprint density at radius 3 is 2.67 bits per heavy atom. The molecule has 0 saturated carbocycles. The predicted molar refractivity (Wildman–Crippen MR) is 76.3 cm³/mol. The number of nitrogens with two attached hydrogens (primary N) is 1. The summed E-state index contributed by atoms with van der Waals surface area (Å²) in [6.45, 7) is 0.161. The summed E-state index contributed by atoms with van der Waals surface area (Å²) in [6, 6.07) is -0.798. The Morgan fingerprint density at radius 1 is 1.38 bits per heavy atom. The fourth-order valence-corrected chi connectivity index (χ4v) is 3.82. The molecule has 0 aliphatic carbocycles. The summed E-state index contributed by atoms with van der Waals surface area (Å²) in [5.74, 6) is -2.12. The van der Waals surface area contributed by atoms with E-state index in [1.165, 1.54) is 12.0 Å². The average Bonchev–Trinajstić information content (AvgIpc) is 2.85. The van der Waals surface area contributed by atoms with E-state index in [9.17, 15) is 24.3 Å². The van der Waals surface area contributed by atoms with Gasteiger partial charge in [-0.25, -0.2) is 9.59 Å². The van der Waals surface area contributed by atoms with Gasteiger partial charge in [-0.15, -0.1) is 0 Å². The number of β-lactam (4-membered cyclic amide) rings is 1. The highest BCUT2D eigenvalue weighted by Crippen LogP contribution is 2.46. The van der Waals surface area contributed by atoms with Gasteiger partial charge >= 0.3 is 18.0 Å². The van der Waals surface area contributed by atoms with E-state index in [0.717, 1.165) is 0 Å². The molecule has 10 nitrogen and oxygen atoms in total. The Bertz CT molecular complexity index is 659. The molecular formula is C14H17N3O7. The molecular weight excluding hydrogens is 322 g/mol. The predicted octanol–water partition coefficient (Wildman–Crippen LogP) is -1.49. The lowest BCUT2D eigenvalue weighted by Crippen LogP contribution is -2.69. The molecule has 3 rings (SSSR count). The molecule has 0 unspecified atom stereocenters. The second-order valence-electron chi connectivity index (χ2n) is 5.98. The van der Waals surface area contributed by atoms with Crippen LogP contribution in [-0.4, -0.2) is 77.7 Å². The molecule has 0 spiro atoms. The molecule has 0 aromatic carbocycles. The quantitative estimate of drug-likeness (QED) is 0.456. The molecule has 0 radical (unpaired) electrons. The van der Waals surface area contributed by atoms with Crippen LogP contribution < -0.4 is 5.73 Å². The maximum Gasteiger partial charge on any atom is 0.404 e. The number of amides is 2. The summed E-state index contributed by atoms with van der Waals surface area (Å²) in [5, 5.41) is 9.44. The lowest BCUT2D eigenvalue weighted by atomic mass is 9.79. The highest BCUT2D eigenvalue weighted by atomic mass is 16.5. The first kappa shape index (κ1) is 16.2. The van der Waals surface area contributed by atoms with E-state index in [4.69, 9.17) is 10.5 Å². The van der Waals surface area contributed by atoms with E-state index < -0.39 is 24.1 Å². The minimum absolute atomic E-state index is 0.0245. The first-order valence-corrected chi connectivity index (χ1v) is 7.36. The second-order valence-corrected chi connectivity index (χ2v) is 5.98. The fourth-order valence-electron chi connectivity index (χ4n) is 3.82. The number of aliphatic carboxylic acids is 1. The van der Waals surface area contributed by atoms with Gasteiger partial charge in [0.25, 0.3) is 0 Å². The van der Waals surface area contributed by atoms with Gasteiger partial charge in [0.05, 0.1) is 19.7 Å². The summed E-state index contributed by atoms with van der Waals surface area (Å²) >= 11 is 0. The first-order valence-electron chi connectivity index (χ1n) is 7.36. The van der Waals surface area contributed by atoms with Crippen molar-refractivity contribution in [2.45, 2.75) is 18.5 Å². The number of hydrogen-bond donors (Lipinski definition) is 2. The van der Waals surface area contributed by atoms with Crippen molar-refractivity contribution < 1.29 is 33.8 Å². The van der Waals surface area contributed by atoms with Gasteiger partial charge in [-0.1, -0.05) is 0 Å². The van der Waals surface area contributed by atoms with Gasteiger partial charge in [0.1, 0.15) is 18.3 Å². The van der Waals surface area contributed by atoms with Crippen LogP contribution in [0.3, 0.4) is 0 Å². The molecule has 130 valence electrons. The summed E-state index contributed by atoms with van der Waals surface area (Å²) in [7, 11) is 1.27. The lowest BCUT2D eigenvalue weighted by Gasteiger charge is -2.50. The van der Waals surface area contributed by atoms with Crippen LogP contribution in [0.5, 0.6) is 0 Å². The molecule has 0 aromatic rings. The molecule has 3 N–H and O–H groups in total. The molecule has 2 saturated heterocycles. The standard InChI is InChI=1S/C14H17N3O7/c1-23-8(18)4-16-3-6-2-7(5-24-14(15)22)10(13(20)21)17-9(6)11(16)12(17)19/h6,9,11H,2-5H2,1H3,(H2,15,22)(H,20,21)/t6-,9-,11+/m1/s1. The largest absolute Gasteiger partial charge is 0.477 e. The van der Waals surface area contributed by atoms with Crippen LogP contribution in [0.1, 0.15) is 6.42 Å². The number of primary amides is 1. The maximum atomic E-state index is 12.4. The minimum Gasteiger partial charge on any atom is -0.477 e. The lowest BCUT2D eigenvalue weighted by molar-refractivity contribution is -0.158. The van der Waals surface area contributed by atoms with Crippen molar-refractivity contribution in [3.8, 4) is 0 Å². The van der Waals surface area contributed by atoms with Crippen LogP contribution in [0.2, 0.25) is 0 Å². The van der Waals surface area contributed by atoms with Crippen LogP contribution in [0.4, 0.5) is 4.79 Å². The molecule has 2 fully saturated rings. The number of ether oxygens (including phenoxy) is 2. The maximum absolute atomic E-state index is 12.4. The number of esters is 1. The Balaban J connectivity index is 1.85. The van der Waals surface area contributed by atoms with E-state index >= 15 is 0 Å². The Kier molecular flexibility index (Phi) is 3.91. The zero-order chi connectivity index (χ0) is 17.6. The number of carboxylic acids is 1. The van der Waals surface area contributed by atoms with Crippen LogP contribution in [0, 0.1) is 5.92 Å². The van der Waals surface area contributed by atoms with Gasteiger partial charge in [-0.3, -0.25) is 19.4 Å². The summed E-state index contributed by atoms with van der Waals surface area (Å²) < 4.78 is 9.34. The van der Waals surface area contributed by atoms with Crippen molar-refractivity contribution in [3.63, 3.8) is 0 Å². The van der Waals surface area contributed by atoms with Crippen LogP contribution >= 0.6 is 0 Å². The summed E-state index contributed by atoms with van der Waals surface area (Å²) in [5.41, 5.74) is 5.12. The second kappa shape index (κ2) is 5.78. The molecule has 3 heterocycles. The molecule has 3 aliphatic heterocycles. The number of carboxylic acid groups (broad SMARTS) is 1. The van der Waals surface area contributed by atoms with E-state index in [1.807, 2.05) is 0 Å². The number of likely N-dealkylation sites (tertiary alicyclic amines) is 1. The highest BCUT2D eigenvalue weighted by Gasteiger charge is 2.63. The van der Waals surface area contributed by atoms with Crippen molar-refractivity contribution in [3.05, 3.63) is 11.3 Å². The average molecular weight is 339 g/mol. The first-order chi connectivity index (χ1) is 11.3. The molecule has 0 aromatic heterocycles. The van der Waals surface area contributed by atoms with Gasteiger partial charge < -0.3 is 20.3 Å². The van der Waals surface area contributed by atoms with Crippen molar-refractivity contribution in [1.82, 2.24) is 9.80 Å². The van der Waals surface area contributed by atoms with Crippen molar-refractivity contribution in [1.29, 1.82) is 0 Å².